The molecule has 1 heterocycles. The number of hydrogen-bond acceptors (Lipinski definition) is 3. The van der Waals surface area contributed by atoms with Crippen molar-refractivity contribution in [2.75, 3.05) is 0 Å². The van der Waals surface area contributed by atoms with Gasteiger partial charge in [-0.25, -0.2) is 4.98 Å². The van der Waals surface area contributed by atoms with Crippen molar-refractivity contribution in [3.8, 4) is 0 Å². The average molecular weight is 258 g/mol. The molecule has 4 nitrogen and oxygen atoms in total. The van der Waals surface area contributed by atoms with Crippen LogP contribution in [0.15, 0.2) is 18.5 Å². The van der Waals surface area contributed by atoms with Crippen LogP contribution in [0.25, 0.3) is 0 Å². The van der Waals surface area contributed by atoms with E-state index >= 15 is 0 Å². The zero-order chi connectivity index (χ0) is 14.0. The van der Waals surface area contributed by atoms with Gasteiger partial charge in [0.15, 0.2) is 0 Å². The predicted molar refractivity (Wildman–Crippen MR) is 77.0 cm³/mol. The number of nitrogens with zero attached hydrogens (tertiary/aromatic N) is 3. The van der Waals surface area contributed by atoms with Gasteiger partial charge in [0.2, 0.25) is 0 Å². The van der Waals surface area contributed by atoms with Gasteiger partial charge in [0.05, 0.1) is 0 Å². The van der Waals surface area contributed by atoms with Crippen molar-refractivity contribution >= 4 is 0 Å². The molecular weight excluding hydrogens is 236 g/mol. The Morgan fingerprint density at radius 1 is 1.21 bits per heavy atom. The summed E-state index contributed by atoms with van der Waals surface area (Å²) in [6.45, 7) is 9.25. The summed E-state index contributed by atoms with van der Waals surface area (Å²) in [7, 11) is 0. The van der Waals surface area contributed by atoms with Crippen LogP contribution in [-0.2, 0) is 13.0 Å². The van der Waals surface area contributed by atoms with Gasteiger partial charge < -0.3 is 5.73 Å². The van der Waals surface area contributed by atoms with Gasteiger partial charge in [0, 0.05) is 19.0 Å². The van der Waals surface area contributed by atoms with E-state index in [9.17, 15) is 0 Å². The molecule has 2 rings (SSSR count). The van der Waals surface area contributed by atoms with E-state index in [1.54, 1.807) is 6.33 Å². The smallest absolute Gasteiger partial charge is 0.138 e. The van der Waals surface area contributed by atoms with Crippen molar-refractivity contribution in [2.24, 2.45) is 5.73 Å². The SMILES string of the molecule is CCn1ncnc1CC(N)c1c(C)cc(C)cc1C. The molecule has 102 valence electrons. The van der Waals surface area contributed by atoms with Crippen molar-refractivity contribution in [3.63, 3.8) is 0 Å². The van der Waals surface area contributed by atoms with Crippen LogP contribution in [0.4, 0.5) is 0 Å². The fourth-order valence-electron chi connectivity index (χ4n) is 2.79. The van der Waals surface area contributed by atoms with Gasteiger partial charge in [-0.05, 0) is 44.4 Å². The second-order valence-corrected chi connectivity index (χ2v) is 5.12. The van der Waals surface area contributed by atoms with Crippen LogP contribution < -0.4 is 5.73 Å². The van der Waals surface area contributed by atoms with Gasteiger partial charge in [-0.3, -0.25) is 4.68 Å². The van der Waals surface area contributed by atoms with Crippen molar-refractivity contribution < 1.29 is 0 Å². The van der Waals surface area contributed by atoms with E-state index in [0.29, 0.717) is 0 Å². The first-order valence-corrected chi connectivity index (χ1v) is 6.73. The van der Waals surface area contributed by atoms with E-state index in [2.05, 4.69) is 49.9 Å². The first-order chi connectivity index (χ1) is 9.02. The quantitative estimate of drug-likeness (QED) is 0.916. The van der Waals surface area contributed by atoms with Gasteiger partial charge >= 0.3 is 0 Å². The van der Waals surface area contributed by atoms with Gasteiger partial charge in [-0.2, -0.15) is 5.10 Å². The second-order valence-electron chi connectivity index (χ2n) is 5.12. The highest BCUT2D eigenvalue weighted by molar-refractivity contribution is 5.39. The molecule has 0 aliphatic heterocycles. The van der Waals surface area contributed by atoms with E-state index in [4.69, 9.17) is 5.73 Å². The standard InChI is InChI=1S/C15H22N4/c1-5-19-14(17-9-18-19)8-13(16)15-11(3)6-10(2)7-12(15)4/h6-7,9,13H,5,8,16H2,1-4H3. The maximum Gasteiger partial charge on any atom is 0.138 e. The summed E-state index contributed by atoms with van der Waals surface area (Å²) in [6.07, 6.45) is 2.32. The molecule has 0 spiro atoms. The minimum absolute atomic E-state index is 0.0323. The molecule has 1 atom stereocenters. The summed E-state index contributed by atoms with van der Waals surface area (Å²) in [4.78, 5) is 4.30. The van der Waals surface area contributed by atoms with Gasteiger partial charge in [0.1, 0.15) is 12.2 Å². The Morgan fingerprint density at radius 3 is 2.42 bits per heavy atom. The van der Waals surface area contributed by atoms with Crippen LogP contribution in [0, 0.1) is 20.8 Å². The molecule has 0 fully saturated rings. The van der Waals surface area contributed by atoms with Crippen LogP contribution in [0.3, 0.4) is 0 Å². The first-order valence-electron chi connectivity index (χ1n) is 6.73. The molecular formula is C15H22N4. The third-order valence-electron chi connectivity index (χ3n) is 3.51. The molecule has 19 heavy (non-hydrogen) atoms. The van der Waals surface area contributed by atoms with E-state index in [1.807, 2.05) is 4.68 Å². The molecule has 0 bridgehead atoms. The number of nitrogens with two attached hydrogens (primary N) is 1. The molecule has 0 aliphatic carbocycles. The molecule has 0 amide bonds. The van der Waals surface area contributed by atoms with Crippen molar-refractivity contribution in [1.29, 1.82) is 0 Å². The van der Waals surface area contributed by atoms with Crippen molar-refractivity contribution in [3.05, 3.63) is 46.5 Å². The van der Waals surface area contributed by atoms with E-state index in [1.165, 1.54) is 22.3 Å². The highest BCUT2D eigenvalue weighted by Gasteiger charge is 2.15. The van der Waals surface area contributed by atoms with E-state index in [0.717, 1.165) is 18.8 Å². The monoisotopic (exact) mass is 258 g/mol. The summed E-state index contributed by atoms with van der Waals surface area (Å²) in [5.41, 5.74) is 11.4. The number of aromatic nitrogens is 3. The minimum atomic E-state index is -0.0323. The largest absolute Gasteiger partial charge is 0.324 e. The van der Waals surface area contributed by atoms with Crippen LogP contribution in [-0.4, -0.2) is 14.8 Å². The minimum Gasteiger partial charge on any atom is -0.324 e. The summed E-state index contributed by atoms with van der Waals surface area (Å²) < 4.78 is 1.90. The Kier molecular flexibility index (Phi) is 4.00. The Labute approximate surface area is 114 Å². The molecule has 0 radical (unpaired) electrons. The highest BCUT2D eigenvalue weighted by atomic mass is 15.3. The molecule has 1 aromatic carbocycles. The molecule has 1 aromatic heterocycles. The topological polar surface area (TPSA) is 56.7 Å². The molecule has 1 unspecified atom stereocenters. The fourth-order valence-corrected chi connectivity index (χ4v) is 2.79. The maximum atomic E-state index is 6.38. The van der Waals surface area contributed by atoms with Crippen LogP contribution in [0.1, 0.15) is 41.0 Å². The van der Waals surface area contributed by atoms with Gasteiger partial charge in [-0.1, -0.05) is 17.7 Å². The summed E-state index contributed by atoms with van der Waals surface area (Å²) in [5.74, 6) is 0.953. The van der Waals surface area contributed by atoms with Crippen LogP contribution in [0.2, 0.25) is 0 Å². The Hall–Kier alpha value is -1.68. The van der Waals surface area contributed by atoms with Gasteiger partial charge in [-0.15, -0.1) is 0 Å². The lowest BCUT2D eigenvalue weighted by molar-refractivity contribution is 0.579. The fraction of sp³-hybridized carbons (Fsp3) is 0.467. The molecule has 4 heteroatoms. The highest BCUT2D eigenvalue weighted by Crippen LogP contribution is 2.24. The zero-order valence-corrected chi connectivity index (χ0v) is 12.1. The van der Waals surface area contributed by atoms with Crippen LogP contribution >= 0.6 is 0 Å². The second kappa shape index (κ2) is 5.53. The summed E-state index contributed by atoms with van der Waals surface area (Å²) >= 11 is 0. The zero-order valence-electron chi connectivity index (χ0n) is 12.1. The Balaban J connectivity index is 2.28. The third-order valence-corrected chi connectivity index (χ3v) is 3.51. The molecule has 2 aromatic rings. The molecule has 0 saturated carbocycles. The lowest BCUT2D eigenvalue weighted by Gasteiger charge is -2.18. The number of benzene rings is 1. The molecule has 0 saturated heterocycles. The van der Waals surface area contributed by atoms with Gasteiger partial charge in [0.25, 0.3) is 0 Å². The van der Waals surface area contributed by atoms with Crippen LogP contribution in [0.5, 0.6) is 0 Å². The lowest BCUT2D eigenvalue weighted by Crippen LogP contribution is -2.19. The average Bonchev–Trinajstić information content (AvgIpc) is 2.74. The van der Waals surface area contributed by atoms with E-state index < -0.39 is 0 Å². The predicted octanol–water partition coefficient (Wildman–Crippen LogP) is 2.47. The summed E-state index contributed by atoms with van der Waals surface area (Å²) in [5, 5.41) is 4.19. The van der Waals surface area contributed by atoms with Crippen molar-refractivity contribution in [1.82, 2.24) is 14.8 Å². The number of aryl methyl sites for hydroxylation is 4. The summed E-state index contributed by atoms with van der Waals surface area (Å²) in [6, 6.07) is 4.34. The molecule has 2 N–H and O–H groups in total. The molecule has 0 aliphatic rings. The third kappa shape index (κ3) is 2.84. The normalized spacial score (nSPS) is 12.7. The Morgan fingerprint density at radius 2 is 1.84 bits per heavy atom. The van der Waals surface area contributed by atoms with Crippen molar-refractivity contribution in [2.45, 2.75) is 46.7 Å². The Bertz CT molecular complexity index is 548. The lowest BCUT2D eigenvalue weighted by atomic mass is 9.93. The number of hydrogen-bond donors (Lipinski definition) is 1. The van der Waals surface area contributed by atoms with E-state index in [-0.39, 0.29) is 6.04 Å². The first kappa shape index (κ1) is 13.7. The maximum absolute atomic E-state index is 6.38. The number of rotatable bonds is 4.